The van der Waals surface area contributed by atoms with E-state index in [1.54, 1.807) is 0 Å². The van der Waals surface area contributed by atoms with Gasteiger partial charge in [0.25, 0.3) is 0 Å². The lowest BCUT2D eigenvalue weighted by atomic mass is 10.1. The van der Waals surface area contributed by atoms with Crippen molar-refractivity contribution in [1.29, 1.82) is 0 Å². The van der Waals surface area contributed by atoms with Gasteiger partial charge in [0, 0.05) is 42.2 Å². The molecule has 0 saturated carbocycles. The highest BCUT2D eigenvalue weighted by Crippen LogP contribution is 2.28. The molecule has 5 heteroatoms. The van der Waals surface area contributed by atoms with Gasteiger partial charge in [-0.2, -0.15) is 0 Å². The number of nitrogens with zero attached hydrogens (tertiary/aromatic N) is 3. The van der Waals surface area contributed by atoms with Crippen LogP contribution in [0, 0.1) is 6.92 Å². The summed E-state index contributed by atoms with van der Waals surface area (Å²) in [6, 6.07) is 12.4. The maximum absolute atomic E-state index is 5.45. The van der Waals surface area contributed by atoms with Crippen LogP contribution in [-0.2, 0) is 4.74 Å². The first kappa shape index (κ1) is 14.9. The summed E-state index contributed by atoms with van der Waals surface area (Å²) in [6.07, 6.45) is 3.69. The topological polar surface area (TPSA) is 50.3 Å². The van der Waals surface area contributed by atoms with E-state index in [1.807, 2.05) is 24.5 Å². The normalized spacial score (nSPS) is 14.8. The molecule has 3 heterocycles. The van der Waals surface area contributed by atoms with Gasteiger partial charge < -0.3 is 15.0 Å². The fourth-order valence-corrected chi connectivity index (χ4v) is 3.04. The molecule has 1 N–H and O–H groups in total. The molecule has 1 fully saturated rings. The summed E-state index contributed by atoms with van der Waals surface area (Å²) in [4.78, 5) is 11.3. The standard InChI is InChI=1S/C19H20N4O/c1-14-4-6-21-19(12-14)22-15-2-3-16-17(13-15)20-7-5-18(16)23-8-10-24-11-9-23/h2-7,12-13H,8-11H2,1H3,(H,21,22). The van der Waals surface area contributed by atoms with Crippen LogP contribution >= 0.6 is 0 Å². The number of rotatable bonds is 3. The van der Waals surface area contributed by atoms with Crippen molar-refractivity contribution in [3.63, 3.8) is 0 Å². The molecule has 1 aliphatic rings. The van der Waals surface area contributed by atoms with Crippen molar-refractivity contribution in [3.8, 4) is 0 Å². The summed E-state index contributed by atoms with van der Waals surface area (Å²) in [6.45, 7) is 5.47. The molecule has 24 heavy (non-hydrogen) atoms. The van der Waals surface area contributed by atoms with Crippen molar-refractivity contribution >= 4 is 28.1 Å². The van der Waals surface area contributed by atoms with Crippen LogP contribution in [0.4, 0.5) is 17.2 Å². The van der Waals surface area contributed by atoms with Gasteiger partial charge in [-0.3, -0.25) is 4.98 Å². The average Bonchev–Trinajstić information content (AvgIpc) is 2.62. The number of morpholine rings is 1. The molecule has 122 valence electrons. The number of aryl methyl sites for hydroxylation is 1. The molecule has 0 unspecified atom stereocenters. The second-order valence-electron chi connectivity index (χ2n) is 6.00. The summed E-state index contributed by atoms with van der Waals surface area (Å²) in [5, 5.41) is 4.52. The van der Waals surface area contributed by atoms with E-state index in [9.17, 15) is 0 Å². The van der Waals surface area contributed by atoms with Crippen LogP contribution in [0.3, 0.4) is 0 Å². The molecular weight excluding hydrogens is 300 g/mol. The molecule has 0 spiro atoms. The molecule has 1 saturated heterocycles. The number of aromatic nitrogens is 2. The monoisotopic (exact) mass is 320 g/mol. The Balaban J connectivity index is 1.66. The van der Waals surface area contributed by atoms with Gasteiger partial charge in [-0.1, -0.05) is 0 Å². The van der Waals surface area contributed by atoms with Gasteiger partial charge in [-0.05, 0) is 48.9 Å². The van der Waals surface area contributed by atoms with E-state index in [2.05, 4.69) is 51.4 Å². The predicted molar refractivity (Wildman–Crippen MR) is 97.0 cm³/mol. The SMILES string of the molecule is Cc1ccnc(Nc2ccc3c(N4CCOCC4)ccnc3c2)c1. The molecule has 0 bridgehead atoms. The molecule has 4 rings (SSSR count). The van der Waals surface area contributed by atoms with Crippen molar-refractivity contribution in [2.75, 3.05) is 36.5 Å². The molecular formula is C19H20N4O. The van der Waals surface area contributed by atoms with E-state index in [-0.39, 0.29) is 0 Å². The molecule has 0 aliphatic carbocycles. The molecule has 2 aromatic heterocycles. The van der Waals surface area contributed by atoms with Crippen molar-refractivity contribution in [1.82, 2.24) is 9.97 Å². The third-order valence-electron chi connectivity index (χ3n) is 4.26. The third kappa shape index (κ3) is 3.03. The highest BCUT2D eigenvalue weighted by atomic mass is 16.5. The largest absolute Gasteiger partial charge is 0.378 e. The van der Waals surface area contributed by atoms with Crippen molar-refractivity contribution in [3.05, 3.63) is 54.4 Å². The van der Waals surface area contributed by atoms with E-state index < -0.39 is 0 Å². The number of fused-ring (bicyclic) bond motifs is 1. The summed E-state index contributed by atoms with van der Waals surface area (Å²) in [5.74, 6) is 0.846. The fraction of sp³-hybridized carbons (Fsp3) is 0.263. The number of benzene rings is 1. The lowest BCUT2D eigenvalue weighted by Gasteiger charge is -2.29. The minimum atomic E-state index is 0.780. The number of ether oxygens (including phenoxy) is 1. The lowest BCUT2D eigenvalue weighted by Crippen LogP contribution is -2.36. The zero-order valence-corrected chi connectivity index (χ0v) is 13.7. The summed E-state index contributed by atoms with van der Waals surface area (Å²) in [7, 11) is 0. The minimum Gasteiger partial charge on any atom is -0.378 e. The van der Waals surface area contributed by atoms with E-state index in [0.717, 1.165) is 43.3 Å². The van der Waals surface area contributed by atoms with E-state index in [1.165, 1.54) is 16.6 Å². The van der Waals surface area contributed by atoms with Crippen LogP contribution in [0.2, 0.25) is 0 Å². The van der Waals surface area contributed by atoms with Crippen LogP contribution in [0.25, 0.3) is 10.9 Å². The van der Waals surface area contributed by atoms with Crippen molar-refractivity contribution < 1.29 is 4.74 Å². The van der Waals surface area contributed by atoms with E-state index in [4.69, 9.17) is 4.74 Å². The summed E-state index contributed by atoms with van der Waals surface area (Å²) >= 11 is 0. The van der Waals surface area contributed by atoms with Gasteiger partial charge in [0.05, 0.1) is 18.7 Å². The Labute approximate surface area is 141 Å². The molecule has 0 atom stereocenters. The van der Waals surface area contributed by atoms with Crippen molar-refractivity contribution in [2.45, 2.75) is 6.92 Å². The Morgan fingerprint density at radius 2 is 1.83 bits per heavy atom. The third-order valence-corrected chi connectivity index (χ3v) is 4.26. The van der Waals surface area contributed by atoms with E-state index >= 15 is 0 Å². The zero-order chi connectivity index (χ0) is 16.4. The predicted octanol–water partition coefficient (Wildman–Crippen LogP) is 3.52. The molecule has 0 radical (unpaired) electrons. The summed E-state index contributed by atoms with van der Waals surface area (Å²) in [5.41, 5.74) is 4.38. The Hall–Kier alpha value is -2.66. The summed E-state index contributed by atoms with van der Waals surface area (Å²) < 4.78 is 5.45. The minimum absolute atomic E-state index is 0.780. The van der Waals surface area contributed by atoms with Crippen LogP contribution in [0.15, 0.2) is 48.8 Å². The number of nitrogens with one attached hydrogen (secondary N) is 1. The van der Waals surface area contributed by atoms with Gasteiger partial charge in [0.1, 0.15) is 5.82 Å². The first-order valence-electron chi connectivity index (χ1n) is 8.21. The smallest absolute Gasteiger partial charge is 0.130 e. The number of hydrogen-bond donors (Lipinski definition) is 1. The Kier molecular flexibility index (Phi) is 4.01. The fourth-order valence-electron chi connectivity index (χ4n) is 3.04. The Morgan fingerprint density at radius 3 is 2.67 bits per heavy atom. The van der Waals surface area contributed by atoms with Crippen LogP contribution in [0.5, 0.6) is 0 Å². The maximum atomic E-state index is 5.45. The highest BCUT2D eigenvalue weighted by molar-refractivity contribution is 5.93. The molecule has 1 aliphatic heterocycles. The van der Waals surface area contributed by atoms with Gasteiger partial charge in [-0.25, -0.2) is 4.98 Å². The number of pyridine rings is 2. The lowest BCUT2D eigenvalue weighted by molar-refractivity contribution is 0.123. The molecule has 3 aromatic rings. The van der Waals surface area contributed by atoms with Crippen LogP contribution < -0.4 is 10.2 Å². The molecule has 1 aromatic carbocycles. The van der Waals surface area contributed by atoms with Crippen LogP contribution in [0.1, 0.15) is 5.56 Å². The Morgan fingerprint density at radius 1 is 1.00 bits per heavy atom. The van der Waals surface area contributed by atoms with E-state index in [0.29, 0.717) is 0 Å². The van der Waals surface area contributed by atoms with Gasteiger partial charge in [0.2, 0.25) is 0 Å². The molecule has 5 nitrogen and oxygen atoms in total. The van der Waals surface area contributed by atoms with Gasteiger partial charge >= 0.3 is 0 Å². The first-order valence-corrected chi connectivity index (χ1v) is 8.21. The second-order valence-corrected chi connectivity index (χ2v) is 6.00. The first-order chi connectivity index (χ1) is 11.8. The second kappa shape index (κ2) is 6.45. The highest BCUT2D eigenvalue weighted by Gasteiger charge is 2.14. The van der Waals surface area contributed by atoms with Crippen molar-refractivity contribution in [2.24, 2.45) is 0 Å². The quantitative estimate of drug-likeness (QED) is 0.800. The number of hydrogen-bond acceptors (Lipinski definition) is 5. The molecule has 0 amide bonds. The average molecular weight is 320 g/mol. The van der Waals surface area contributed by atoms with Gasteiger partial charge in [0.15, 0.2) is 0 Å². The zero-order valence-electron chi connectivity index (χ0n) is 13.7. The maximum Gasteiger partial charge on any atom is 0.130 e. The van der Waals surface area contributed by atoms with Crippen LogP contribution in [-0.4, -0.2) is 36.3 Å². The van der Waals surface area contributed by atoms with Gasteiger partial charge in [-0.15, -0.1) is 0 Å². The Bertz CT molecular complexity index is 859. The number of anilines is 3.